The summed E-state index contributed by atoms with van der Waals surface area (Å²) in [6.07, 6.45) is -1.28. The molecule has 1 aliphatic heterocycles. The van der Waals surface area contributed by atoms with Gasteiger partial charge in [0.2, 0.25) is 0 Å². The minimum absolute atomic E-state index is 0.311. The fraction of sp³-hybridized carbons (Fsp3) is 0.211. The average Bonchev–Trinajstić information content (AvgIpc) is 3.08. The first kappa shape index (κ1) is 17.3. The Morgan fingerprint density at radius 2 is 2.00 bits per heavy atom. The van der Waals surface area contributed by atoms with Gasteiger partial charge in [0.15, 0.2) is 6.10 Å². The first-order chi connectivity index (χ1) is 12.6. The Morgan fingerprint density at radius 1 is 1.27 bits per heavy atom. The minimum atomic E-state index is -0.830. The maximum atomic E-state index is 12.5. The number of nitrogens with zero attached hydrogens (tertiary/aromatic N) is 2. The lowest BCUT2D eigenvalue weighted by Crippen LogP contribution is -2.32. The third-order valence-electron chi connectivity index (χ3n) is 3.89. The number of carbonyl (C=O) groups excluding carboxylic acids is 2. The van der Waals surface area contributed by atoms with Crippen molar-refractivity contribution >= 4 is 23.4 Å². The monoisotopic (exact) mass is 351 g/mol. The molecule has 0 aromatic heterocycles. The molecule has 1 fully saturated rings. The predicted octanol–water partition coefficient (Wildman–Crippen LogP) is 2.92. The van der Waals surface area contributed by atoms with Crippen LogP contribution in [0, 0.1) is 11.3 Å². The van der Waals surface area contributed by atoms with E-state index < -0.39 is 18.1 Å². The number of amides is 2. The van der Waals surface area contributed by atoms with Crippen molar-refractivity contribution in [2.75, 3.05) is 23.4 Å². The molecule has 1 atom stereocenters. The smallest absolute Gasteiger partial charge is 0.414 e. The van der Waals surface area contributed by atoms with Gasteiger partial charge in [-0.2, -0.15) is 5.26 Å². The van der Waals surface area contributed by atoms with Gasteiger partial charge < -0.3 is 14.8 Å². The molecule has 3 rings (SSSR count). The molecule has 0 aliphatic carbocycles. The summed E-state index contributed by atoms with van der Waals surface area (Å²) in [5, 5.41) is 11.9. The Labute approximate surface area is 150 Å². The highest BCUT2D eigenvalue weighted by molar-refractivity contribution is 6.01. The van der Waals surface area contributed by atoms with Gasteiger partial charge in [0.05, 0.1) is 23.5 Å². The van der Waals surface area contributed by atoms with Crippen LogP contribution in [0.15, 0.2) is 48.5 Å². The van der Waals surface area contributed by atoms with E-state index in [-0.39, 0.29) is 0 Å². The van der Waals surface area contributed by atoms with Crippen LogP contribution in [0.4, 0.5) is 16.2 Å². The van der Waals surface area contributed by atoms with Crippen LogP contribution in [0.3, 0.4) is 0 Å². The zero-order valence-corrected chi connectivity index (χ0v) is 14.1. The highest BCUT2D eigenvalue weighted by Crippen LogP contribution is 2.28. The number of hydrogen-bond donors (Lipinski definition) is 1. The third-order valence-corrected chi connectivity index (χ3v) is 3.89. The Bertz CT molecular complexity index is 875. The molecule has 0 bridgehead atoms. The molecule has 1 aliphatic rings. The highest BCUT2D eigenvalue weighted by atomic mass is 16.6. The van der Waals surface area contributed by atoms with Crippen LogP contribution in [0.1, 0.15) is 12.5 Å². The highest BCUT2D eigenvalue weighted by Gasteiger charge is 2.26. The quantitative estimate of drug-likeness (QED) is 0.894. The normalized spacial score (nSPS) is 14.3. The first-order valence-electron chi connectivity index (χ1n) is 8.10. The Balaban J connectivity index is 1.74. The van der Waals surface area contributed by atoms with Crippen LogP contribution in [0.25, 0.3) is 0 Å². The number of hydrogen-bond acceptors (Lipinski definition) is 5. The van der Waals surface area contributed by atoms with Crippen molar-refractivity contribution in [3.05, 3.63) is 54.1 Å². The summed E-state index contributed by atoms with van der Waals surface area (Å²) in [6.45, 7) is 2.33. The molecule has 1 N–H and O–H groups in total. The summed E-state index contributed by atoms with van der Waals surface area (Å²) in [5.74, 6) is -0.0492. The molecule has 0 radical (unpaired) electrons. The lowest BCUT2D eigenvalue weighted by molar-refractivity contribution is -0.122. The molecule has 1 saturated heterocycles. The predicted molar refractivity (Wildman–Crippen MR) is 95.0 cm³/mol. The van der Waals surface area contributed by atoms with Gasteiger partial charge in [-0.25, -0.2) is 4.79 Å². The molecule has 1 unspecified atom stereocenters. The summed E-state index contributed by atoms with van der Waals surface area (Å²) in [5.41, 5.74) is 1.40. The fourth-order valence-corrected chi connectivity index (χ4v) is 2.57. The van der Waals surface area contributed by atoms with E-state index in [0.29, 0.717) is 35.8 Å². The number of rotatable bonds is 5. The van der Waals surface area contributed by atoms with Crippen LogP contribution in [0.5, 0.6) is 5.75 Å². The van der Waals surface area contributed by atoms with E-state index in [4.69, 9.17) is 14.7 Å². The molecule has 2 amide bonds. The number of cyclic esters (lactones) is 1. The van der Waals surface area contributed by atoms with Gasteiger partial charge in [-0.05, 0) is 31.2 Å². The largest absolute Gasteiger partial charge is 0.480 e. The molecule has 132 valence electrons. The number of nitrogens with one attached hydrogen (secondary N) is 1. The zero-order chi connectivity index (χ0) is 18.5. The molecule has 26 heavy (non-hydrogen) atoms. The summed E-state index contributed by atoms with van der Waals surface area (Å²) in [4.78, 5) is 25.8. The molecular weight excluding hydrogens is 334 g/mol. The molecule has 0 spiro atoms. The molecule has 1 heterocycles. The van der Waals surface area contributed by atoms with Crippen LogP contribution in [-0.2, 0) is 9.53 Å². The Morgan fingerprint density at radius 3 is 2.73 bits per heavy atom. The number of para-hydroxylation sites is 3. The average molecular weight is 351 g/mol. The van der Waals surface area contributed by atoms with E-state index in [1.54, 1.807) is 55.5 Å². The molecule has 0 saturated carbocycles. The van der Waals surface area contributed by atoms with Gasteiger partial charge in [-0.3, -0.25) is 9.69 Å². The second-order valence-electron chi connectivity index (χ2n) is 5.64. The Hall–Kier alpha value is -3.53. The van der Waals surface area contributed by atoms with Crippen molar-refractivity contribution in [3.63, 3.8) is 0 Å². The van der Waals surface area contributed by atoms with Crippen LogP contribution < -0.4 is 15.0 Å². The number of anilines is 2. The van der Waals surface area contributed by atoms with Crippen molar-refractivity contribution in [1.82, 2.24) is 0 Å². The van der Waals surface area contributed by atoms with Crippen molar-refractivity contribution in [2.24, 2.45) is 0 Å². The fourth-order valence-electron chi connectivity index (χ4n) is 2.57. The molecule has 2 aromatic carbocycles. The van der Waals surface area contributed by atoms with Crippen LogP contribution in [-0.4, -0.2) is 31.3 Å². The molecule has 2 aromatic rings. The summed E-state index contributed by atoms with van der Waals surface area (Å²) < 4.78 is 10.6. The van der Waals surface area contributed by atoms with E-state index >= 15 is 0 Å². The van der Waals surface area contributed by atoms with Crippen LogP contribution in [0.2, 0.25) is 0 Å². The standard InChI is InChI=1S/C19H17N3O4/c1-13(26-17-9-5-2-6-14(17)12-20)18(23)21-15-7-3-4-8-16(15)22-10-11-25-19(22)24/h2-9,13H,10-11H2,1H3,(H,21,23). The summed E-state index contributed by atoms with van der Waals surface area (Å²) >= 11 is 0. The van der Waals surface area contributed by atoms with Gasteiger partial charge in [0.25, 0.3) is 5.91 Å². The maximum Gasteiger partial charge on any atom is 0.414 e. The zero-order valence-electron chi connectivity index (χ0n) is 14.1. The van der Waals surface area contributed by atoms with Crippen molar-refractivity contribution < 1.29 is 19.1 Å². The maximum absolute atomic E-state index is 12.5. The van der Waals surface area contributed by atoms with Crippen molar-refractivity contribution in [3.8, 4) is 11.8 Å². The van der Waals surface area contributed by atoms with Gasteiger partial charge in [0, 0.05) is 0 Å². The van der Waals surface area contributed by atoms with Crippen molar-refractivity contribution in [2.45, 2.75) is 13.0 Å². The number of nitriles is 1. The summed E-state index contributed by atoms with van der Waals surface area (Å²) in [6, 6.07) is 15.7. The topological polar surface area (TPSA) is 91.7 Å². The molecular formula is C19H17N3O4. The van der Waals surface area contributed by atoms with Crippen LogP contribution >= 0.6 is 0 Å². The molecule has 7 heteroatoms. The van der Waals surface area contributed by atoms with Gasteiger partial charge >= 0.3 is 6.09 Å². The number of benzene rings is 2. The first-order valence-corrected chi connectivity index (χ1v) is 8.10. The van der Waals surface area contributed by atoms with E-state index in [9.17, 15) is 9.59 Å². The van der Waals surface area contributed by atoms with E-state index in [1.807, 2.05) is 6.07 Å². The second-order valence-corrected chi connectivity index (χ2v) is 5.64. The lowest BCUT2D eigenvalue weighted by atomic mass is 10.2. The second kappa shape index (κ2) is 7.57. The SMILES string of the molecule is CC(Oc1ccccc1C#N)C(=O)Nc1ccccc1N1CCOC1=O. The van der Waals surface area contributed by atoms with E-state index in [2.05, 4.69) is 5.32 Å². The number of ether oxygens (including phenoxy) is 2. The summed E-state index contributed by atoms with van der Waals surface area (Å²) in [7, 11) is 0. The van der Waals surface area contributed by atoms with E-state index in [1.165, 1.54) is 4.90 Å². The third kappa shape index (κ3) is 3.59. The molecule has 7 nitrogen and oxygen atoms in total. The van der Waals surface area contributed by atoms with Gasteiger partial charge in [-0.15, -0.1) is 0 Å². The number of carbonyl (C=O) groups is 2. The Kier molecular flexibility index (Phi) is 5.04. The minimum Gasteiger partial charge on any atom is -0.480 e. The van der Waals surface area contributed by atoms with Gasteiger partial charge in [-0.1, -0.05) is 24.3 Å². The lowest BCUT2D eigenvalue weighted by Gasteiger charge is -2.20. The van der Waals surface area contributed by atoms with Gasteiger partial charge in [0.1, 0.15) is 18.4 Å². The van der Waals surface area contributed by atoms with E-state index in [0.717, 1.165) is 0 Å². The van der Waals surface area contributed by atoms with Crippen molar-refractivity contribution in [1.29, 1.82) is 5.26 Å².